The van der Waals surface area contributed by atoms with Crippen LogP contribution in [0.1, 0.15) is 64.7 Å². The van der Waals surface area contributed by atoms with Crippen LogP contribution in [0.4, 0.5) is 0 Å². The highest BCUT2D eigenvalue weighted by Crippen LogP contribution is 2.07. The fourth-order valence-electron chi connectivity index (χ4n) is 1.77. The molecule has 0 aromatic carbocycles. The molecule has 2 heteroatoms. The molecule has 1 N–H and O–H groups in total. The van der Waals surface area contributed by atoms with E-state index >= 15 is 0 Å². The van der Waals surface area contributed by atoms with E-state index in [1.54, 1.807) is 0 Å². The minimum Gasteiger partial charge on any atom is -0.481 e. The zero-order valence-corrected chi connectivity index (χ0v) is 12.2. The highest BCUT2D eigenvalue weighted by atomic mass is 16.4. The van der Waals surface area contributed by atoms with E-state index in [4.69, 9.17) is 5.11 Å². The molecule has 0 aliphatic heterocycles. The van der Waals surface area contributed by atoms with Crippen molar-refractivity contribution in [2.45, 2.75) is 64.7 Å². The van der Waals surface area contributed by atoms with E-state index in [-0.39, 0.29) is 0 Å². The maximum atomic E-state index is 10.3. The van der Waals surface area contributed by atoms with Crippen LogP contribution in [-0.2, 0) is 4.79 Å². The minimum atomic E-state index is -0.676. The first-order valence-electron chi connectivity index (χ1n) is 7.40. The van der Waals surface area contributed by atoms with E-state index < -0.39 is 5.97 Å². The van der Waals surface area contributed by atoms with Crippen molar-refractivity contribution in [2.24, 2.45) is 0 Å². The summed E-state index contributed by atoms with van der Waals surface area (Å²) < 4.78 is 0. The summed E-state index contributed by atoms with van der Waals surface area (Å²) in [6, 6.07) is 0. The van der Waals surface area contributed by atoms with Crippen LogP contribution >= 0.6 is 0 Å². The molecular formula is C17H28O2. The number of unbranched alkanes of at least 4 members (excludes halogenated alkanes) is 5. The lowest BCUT2D eigenvalue weighted by Crippen LogP contribution is -1.93. The van der Waals surface area contributed by atoms with Gasteiger partial charge in [0.1, 0.15) is 0 Å². The average Bonchev–Trinajstić information content (AvgIpc) is 2.39. The molecule has 0 saturated carbocycles. The second-order valence-electron chi connectivity index (χ2n) is 4.68. The number of carboxylic acids is 1. The van der Waals surface area contributed by atoms with Crippen molar-refractivity contribution in [3.8, 4) is 0 Å². The minimum absolute atomic E-state index is 0.319. The molecular weight excluding hydrogens is 236 g/mol. The molecule has 2 nitrogen and oxygen atoms in total. The number of carbonyl (C=O) groups is 1. The van der Waals surface area contributed by atoms with Crippen LogP contribution in [0.5, 0.6) is 0 Å². The van der Waals surface area contributed by atoms with Gasteiger partial charge in [-0.3, -0.25) is 4.79 Å². The van der Waals surface area contributed by atoms with Crippen molar-refractivity contribution in [2.75, 3.05) is 0 Å². The fourth-order valence-corrected chi connectivity index (χ4v) is 1.77. The number of allylic oxidation sites excluding steroid dienone is 6. The number of hydrogen-bond donors (Lipinski definition) is 1. The van der Waals surface area contributed by atoms with Crippen LogP contribution in [-0.4, -0.2) is 11.1 Å². The summed E-state index contributed by atoms with van der Waals surface area (Å²) >= 11 is 0. The highest BCUT2D eigenvalue weighted by Gasteiger charge is 1.95. The van der Waals surface area contributed by atoms with E-state index in [0.29, 0.717) is 6.42 Å². The van der Waals surface area contributed by atoms with Gasteiger partial charge in [0, 0.05) is 6.42 Å². The van der Waals surface area contributed by atoms with E-state index in [1.807, 2.05) is 6.92 Å². The monoisotopic (exact) mass is 264 g/mol. The van der Waals surface area contributed by atoms with E-state index in [2.05, 4.69) is 36.5 Å². The Labute approximate surface area is 117 Å². The lowest BCUT2D eigenvalue weighted by Gasteiger charge is -1.98. The quantitative estimate of drug-likeness (QED) is 0.385. The van der Waals surface area contributed by atoms with Crippen molar-refractivity contribution in [3.05, 3.63) is 36.5 Å². The summed E-state index contributed by atoms with van der Waals surface area (Å²) in [5, 5.41) is 8.49. The smallest absolute Gasteiger partial charge is 0.303 e. The predicted octanol–water partition coefficient (Wildman–Crippen LogP) is 5.27. The maximum absolute atomic E-state index is 10.3. The molecule has 0 rings (SSSR count). The van der Waals surface area contributed by atoms with Crippen molar-refractivity contribution in [3.63, 3.8) is 0 Å². The molecule has 0 unspecified atom stereocenters. The van der Waals surface area contributed by atoms with E-state index in [1.165, 1.54) is 12.8 Å². The van der Waals surface area contributed by atoms with Gasteiger partial charge in [0.15, 0.2) is 0 Å². The molecule has 19 heavy (non-hydrogen) atoms. The largest absolute Gasteiger partial charge is 0.481 e. The molecule has 0 aromatic heterocycles. The molecule has 0 bridgehead atoms. The van der Waals surface area contributed by atoms with Crippen molar-refractivity contribution < 1.29 is 9.90 Å². The van der Waals surface area contributed by atoms with Crippen LogP contribution in [0, 0.1) is 0 Å². The topological polar surface area (TPSA) is 37.3 Å². The first kappa shape index (κ1) is 17.7. The molecule has 0 heterocycles. The lowest BCUT2D eigenvalue weighted by molar-refractivity contribution is -0.137. The van der Waals surface area contributed by atoms with Crippen molar-refractivity contribution in [1.82, 2.24) is 0 Å². The molecule has 108 valence electrons. The highest BCUT2D eigenvalue weighted by molar-refractivity contribution is 5.66. The van der Waals surface area contributed by atoms with Gasteiger partial charge in [-0.25, -0.2) is 0 Å². The Morgan fingerprint density at radius 1 is 0.842 bits per heavy atom. The van der Waals surface area contributed by atoms with Crippen LogP contribution in [0.25, 0.3) is 0 Å². The van der Waals surface area contributed by atoms with Gasteiger partial charge in [0.2, 0.25) is 0 Å². The Kier molecular flexibility index (Phi) is 13.7. The summed E-state index contributed by atoms with van der Waals surface area (Å²) in [4.78, 5) is 10.3. The average molecular weight is 264 g/mol. The molecule has 0 fully saturated rings. The van der Waals surface area contributed by atoms with Gasteiger partial charge in [-0.05, 0) is 39.0 Å². The van der Waals surface area contributed by atoms with E-state index in [9.17, 15) is 4.79 Å². The molecule has 0 aliphatic carbocycles. The van der Waals surface area contributed by atoms with Gasteiger partial charge in [-0.1, -0.05) is 55.7 Å². The van der Waals surface area contributed by atoms with Gasteiger partial charge < -0.3 is 5.11 Å². The molecule has 0 radical (unpaired) electrons. The SMILES string of the molecule is C/C=C\C/C=C\C/C=C\CCCCCCCC(=O)O. The second kappa shape index (κ2) is 14.7. The third-order valence-corrected chi connectivity index (χ3v) is 2.87. The molecule has 0 amide bonds. The van der Waals surface area contributed by atoms with Crippen LogP contribution in [0.15, 0.2) is 36.5 Å². The molecule has 0 aromatic rings. The van der Waals surface area contributed by atoms with E-state index in [0.717, 1.165) is 38.5 Å². The maximum Gasteiger partial charge on any atom is 0.303 e. The molecule has 0 saturated heterocycles. The summed E-state index contributed by atoms with van der Waals surface area (Å²) in [6.07, 6.45) is 22.0. The zero-order chi connectivity index (χ0) is 14.2. The van der Waals surface area contributed by atoms with Gasteiger partial charge in [0.25, 0.3) is 0 Å². The first-order chi connectivity index (χ1) is 9.27. The number of aliphatic carboxylic acids is 1. The van der Waals surface area contributed by atoms with Gasteiger partial charge >= 0.3 is 5.97 Å². The summed E-state index contributed by atoms with van der Waals surface area (Å²) in [6.45, 7) is 2.04. The standard InChI is InChI=1S/C17H28O2/c1-2-3-4-5-6-7-8-9-10-11-12-13-14-15-16-17(18)19/h2-3,5-6,8-9H,4,7,10-16H2,1H3,(H,18,19)/b3-2-,6-5-,9-8-. The number of carboxylic acid groups (broad SMARTS) is 1. The molecule has 0 atom stereocenters. The Morgan fingerprint density at radius 3 is 2.11 bits per heavy atom. The van der Waals surface area contributed by atoms with Crippen molar-refractivity contribution in [1.29, 1.82) is 0 Å². The van der Waals surface area contributed by atoms with Crippen molar-refractivity contribution >= 4 is 5.97 Å². The number of hydrogen-bond acceptors (Lipinski definition) is 1. The normalized spacial score (nSPS) is 12.1. The Morgan fingerprint density at radius 2 is 1.42 bits per heavy atom. The Balaban J connectivity index is 3.21. The summed E-state index contributed by atoms with van der Waals surface area (Å²) in [5.74, 6) is -0.676. The second-order valence-corrected chi connectivity index (χ2v) is 4.68. The fraction of sp³-hybridized carbons (Fsp3) is 0.588. The van der Waals surface area contributed by atoms with Gasteiger partial charge in [0.05, 0.1) is 0 Å². The van der Waals surface area contributed by atoms with Crippen LogP contribution in [0.3, 0.4) is 0 Å². The lowest BCUT2D eigenvalue weighted by atomic mass is 10.1. The Bertz CT molecular complexity index is 288. The summed E-state index contributed by atoms with van der Waals surface area (Å²) in [5.41, 5.74) is 0. The van der Waals surface area contributed by atoms with Crippen LogP contribution in [0.2, 0.25) is 0 Å². The third-order valence-electron chi connectivity index (χ3n) is 2.87. The third kappa shape index (κ3) is 16.7. The van der Waals surface area contributed by atoms with Gasteiger partial charge in [-0.15, -0.1) is 0 Å². The predicted molar refractivity (Wildman–Crippen MR) is 82.3 cm³/mol. The first-order valence-corrected chi connectivity index (χ1v) is 7.40. The molecule has 0 aliphatic rings. The van der Waals surface area contributed by atoms with Crippen LogP contribution < -0.4 is 0 Å². The zero-order valence-electron chi connectivity index (χ0n) is 12.2. The summed E-state index contributed by atoms with van der Waals surface area (Å²) in [7, 11) is 0. The molecule has 0 spiro atoms. The van der Waals surface area contributed by atoms with Gasteiger partial charge in [-0.2, -0.15) is 0 Å². The Hall–Kier alpha value is -1.31. The number of rotatable bonds is 12.